The van der Waals surface area contributed by atoms with E-state index in [0.717, 1.165) is 10.2 Å². The molecular weight excluding hydrogens is 302 g/mol. The first kappa shape index (κ1) is 14.5. The van der Waals surface area contributed by atoms with E-state index in [4.69, 9.17) is 5.11 Å². The highest BCUT2D eigenvalue weighted by Gasteiger charge is 2.12. The predicted molar refractivity (Wildman–Crippen MR) is 75.5 cm³/mol. The van der Waals surface area contributed by atoms with Crippen LogP contribution in [0.25, 0.3) is 0 Å². The summed E-state index contributed by atoms with van der Waals surface area (Å²) in [6, 6.07) is 7.24. The van der Waals surface area contributed by atoms with Crippen LogP contribution in [0.2, 0.25) is 0 Å². The van der Waals surface area contributed by atoms with Crippen LogP contribution >= 0.6 is 27.7 Å². The smallest absolute Gasteiger partial charge is 0.251 e. The Kier molecular flexibility index (Phi) is 6.62. The second kappa shape index (κ2) is 7.74. The summed E-state index contributed by atoms with van der Waals surface area (Å²) >= 11 is 4.98. The second-order valence-electron chi connectivity index (χ2n) is 3.64. The lowest BCUT2D eigenvalue weighted by Crippen LogP contribution is -2.37. The number of carbonyl (C=O) groups excluding carboxylic acids is 1. The molecule has 1 aromatic rings. The van der Waals surface area contributed by atoms with Gasteiger partial charge in [0.2, 0.25) is 0 Å². The van der Waals surface area contributed by atoms with Crippen molar-refractivity contribution in [3.8, 4) is 0 Å². The Morgan fingerprint density at radius 1 is 1.47 bits per heavy atom. The van der Waals surface area contributed by atoms with Gasteiger partial charge in [-0.25, -0.2) is 0 Å². The minimum absolute atomic E-state index is 0.0196. The molecule has 0 spiro atoms. The van der Waals surface area contributed by atoms with Crippen LogP contribution in [0.4, 0.5) is 0 Å². The normalized spacial score (nSPS) is 12.2. The zero-order valence-corrected chi connectivity index (χ0v) is 12.1. The fraction of sp³-hybridized carbons (Fsp3) is 0.417. The third-order valence-corrected chi connectivity index (χ3v) is 3.55. The van der Waals surface area contributed by atoms with Gasteiger partial charge in [-0.15, -0.1) is 0 Å². The van der Waals surface area contributed by atoms with Gasteiger partial charge in [0.15, 0.2) is 0 Å². The zero-order chi connectivity index (χ0) is 12.7. The zero-order valence-electron chi connectivity index (χ0n) is 9.65. The Labute approximate surface area is 114 Å². The molecule has 94 valence electrons. The molecule has 1 unspecified atom stereocenters. The number of aliphatic hydroxyl groups is 1. The van der Waals surface area contributed by atoms with Crippen molar-refractivity contribution >= 4 is 33.6 Å². The number of carbonyl (C=O) groups is 1. The van der Waals surface area contributed by atoms with Crippen molar-refractivity contribution in [1.29, 1.82) is 0 Å². The molecule has 5 heteroatoms. The highest BCUT2D eigenvalue weighted by molar-refractivity contribution is 9.10. The van der Waals surface area contributed by atoms with Crippen LogP contribution in [0.3, 0.4) is 0 Å². The predicted octanol–water partition coefficient (Wildman–Crippen LogP) is 2.29. The second-order valence-corrected chi connectivity index (χ2v) is 5.47. The van der Waals surface area contributed by atoms with Gasteiger partial charge in [0.25, 0.3) is 5.91 Å². The molecule has 0 heterocycles. The summed E-state index contributed by atoms with van der Waals surface area (Å²) in [5.74, 6) is 0.716. The van der Waals surface area contributed by atoms with Crippen molar-refractivity contribution in [2.75, 3.05) is 18.6 Å². The lowest BCUT2D eigenvalue weighted by molar-refractivity contribution is 0.0935. The van der Waals surface area contributed by atoms with Crippen LogP contribution in [0, 0.1) is 0 Å². The molecule has 1 aromatic carbocycles. The minimum atomic E-state index is -0.0926. The van der Waals surface area contributed by atoms with Gasteiger partial charge in [-0.2, -0.15) is 11.8 Å². The molecule has 0 saturated heterocycles. The summed E-state index contributed by atoms with van der Waals surface area (Å²) in [4.78, 5) is 11.9. The van der Waals surface area contributed by atoms with Crippen molar-refractivity contribution < 1.29 is 9.90 Å². The topological polar surface area (TPSA) is 49.3 Å². The van der Waals surface area contributed by atoms with E-state index in [0.29, 0.717) is 12.0 Å². The molecule has 17 heavy (non-hydrogen) atoms. The lowest BCUT2D eigenvalue weighted by Gasteiger charge is -2.16. The number of aliphatic hydroxyl groups excluding tert-OH is 1. The molecule has 0 aliphatic rings. The Morgan fingerprint density at radius 3 is 2.65 bits per heavy atom. The molecule has 1 amide bonds. The number of amides is 1. The molecular formula is C12H16BrNO2S. The van der Waals surface area contributed by atoms with Crippen LogP contribution in [0.15, 0.2) is 28.7 Å². The van der Waals surface area contributed by atoms with Gasteiger partial charge >= 0.3 is 0 Å². The summed E-state index contributed by atoms with van der Waals surface area (Å²) in [5.41, 5.74) is 0.636. The molecule has 0 bridgehead atoms. The van der Waals surface area contributed by atoms with Gasteiger partial charge in [-0.1, -0.05) is 15.9 Å². The minimum Gasteiger partial charge on any atom is -0.396 e. The van der Waals surface area contributed by atoms with Crippen LogP contribution in [0.5, 0.6) is 0 Å². The largest absolute Gasteiger partial charge is 0.396 e. The van der Waals surface area contributed by atoms with Crippen LogP contribution in [-0.4, -0.2) is 35.7 Å². The number of thioether (sulfide) groups is 1. The van der Waals surface area contributed by atoms with Crippen LogP contribution in [0.1, 0.15) is 16.8 Å². The summed E-state index contributed by atoms with van der Waals surface area (Å²) in [7, 11) is 0. The number of nitrogens with one attached hydrogen (secondary N) is 1. The Bertz CT molecular complexity index is 350. The van der Waals surface area contributed by atoms with E-state index in [1.54, 1.807) is 23.9 Å². The summed E-state index contributed by atoms with van der Waals surface area (Å²) in [6.07, 6.45) is 2.57. The molecule has 3 nitrogen and oxygen atoms in total. The van der Waals surface area contributed by atoms with Gasteiger partial charge in [0.05, 0.1) is 0 Å². The van der Waals surface area contributed by atoms with Crippen molar-refractivity contribution in [3.63, 3.8) is 0 Å². The molecule has 2 N–H and O–H groups in total. The van der Waals surface area contributed by atoms with E-state index >= 15 is 0 Å². The Balaban J connectivity index is 2.60. The first-order valence-corrected chi connectivity index (χ1v) is 7.52. The fourth-order valence-electron chi connectivity index (χ4n) is 1.42. The summed E-state index contributed by atoms with van der Waals surface area (Å²) in [6.45, 7) is 0.0891. The average molecular weight is 318 g/mol. The maximum atomic E-state index is 11.9. The Morgan fingerprint density at radius 2 is 2.12 bits per heavy atom. The molecule has 0 aliphatic heterocycles. The highest BCUT2D eigenvalue weighted by Crippen LogP contribution is 2.11. The number of hydrogen-bond acceptors (Lipinski definition) is 3. The van der Waals surface area contributed by atoms with E-state index in [9.17, 15) is 4.79 Å². The van der Waals surface area contributed by atoms with Crippen molar-refractivity contribution in [3.05, 3.63) is 34.3 Å². The third-order valence-electron chi connectivity index (χ3n) is 2.29. The average Bonchev–Trinajstić information content (AvgIpc) is 2.30. The van der Waals surface area contributed by atoms with Gasteiger partial charge in [0.1, 0.15) is 0 Å². The van der Waals surface area contributed by atoms with E-state index in [-0.39, 0.29) is 18.6 Å². The molecule has 1 atom stereocenters. The SMILES string of the molecule is CSCC(CCO)NC(=O)c1ccc(Br)cc1. The van der Waals surface area contributed by atoms with Crippen molar-refractivity contribution in [2.45, 2.75) is 12.5 Å². The van der Waals surface area contributed by atoms with E-state index in [1.807, 2.05) is 18.4 Å². The quantitative estimate of drug-likeness (QED) is 0.846. The fourth-order valence-corrected chi connectivity index (χ4v) is 2.34. The van der Waals surface area contributed by atoms with Crippen molar-refractivity contribution in [1.82, 2.24) is 5.32 Å². The highest BCUT2D eigenvalue weighted by atomic mass is 79.9. The van der Waals surface area contributed by atoms with E-state index in [2.05, 4.69) is 21.2 Å². The number of benzene rings is 1. The van der Waals surface area contributed by atoms with Gasteiger partial charge < -0.3 is 10.4 Å². The van der Waals surface area contributed by atoms with Crippen LogP contribution in [-0.2, 0) is 0 Å². The first-order valence-electron chi connectivity index (χ1n) is 5.33. The monoisotopic (exact) mass is 317 g/mol. The van der Waals surface area contributed by atoms with Crippen LogP contribution < -0.4 is 5.32 Å². The third kappa shape index (κ3) is 5.10. The molecule has 1 rings (SSSR count). The van der Waals surface area contributed by atoms with E-state index in [1.165, 1.54) is 0 Å². The van der Waals surface area contributed by atoms with Gasteiger partial charge in [0, 0.05) is 28.4 Å². The molecule has 0 aliphatic carbocycles. The maximum Gasteiger partial charge on any atom is 0.251 e. The summed E-state index contributed by atoms with van der Waals surface area (Å²) in [5, 5.41) is 11.8. The summed E-state index contributed by atoms with van der Waals surface area (Å²) < 4.78 is 0.949. The molecule has 0 aromatic heterocycles. The number of rotatable bonds is 6. The lowest BCUT2D eigenvalue weighted by atomic mass is 10.2. The molecule has 0 saturated carbocycles. The Hall–Kier alpha value is -0.520. The van der Waals surface area contributed by atoms with E-state index < -0.39 is 0 Å². The van der Waals surface area contributed by atoms with Gasteiger partial charge in [-0.3, -0.25) is 4.79 Å². The number of halogens is 1. The standard InChI is InChI=1S/C12H16BrNO2S/c1-17-8-11(6-7-15)14-12(16)9-2-4-10(13)5-3-9/h2-5,11,15H,6-8H2,1H3,(H,14,16). The van der Waals surface area contributed by atoms with Crippen molar-refractivity contribution in [2.24, 2.45) is 0 Å². The molecule has 0 radical (unpaired) electrons. The maximum absolute atomic E-state index is 11.9. The number of hydrogen-bond donors (Lipinski definition) is 2. The molecule has 0 fully saturated rings. The van der Waals surface area contributed by atoms with Gasteiger partial charge in [-0.05, 0) is 36.9 Å². The first-order chi connectivity index (χ1) is 8.17.